The van der Waals surface area contributed by atoms with Gasteiger partial charge in [0.1, 0.15) is 0 Å². The van der Waals surface area contributed by atoms with Crippen LogP contribution in [-0.4, -0.2) is 12.9 Å². The fourth-order valence-electron chi connectivity index (χ4n) is 2.48. The average Bonchev–Trinajstić information content (AvgIpc) is 2.56. The van der Waals surface area contributed by atoms with Crippen molar-refractivity contribution >= 4 is 0 Å². The lowest BCUT2D eigenvalue weighted by Gasteiger charge is -2.31. The first-order chi connectivity index (χ1) is 6.84. The van der Waals surface area contributed by atoms with Crippen molar-refractivity contribution in [3.63, 3.8) is 0 Å². The molecule has 3 rings (SSSR count). The van der Waals surface area contributed by atoms with Crippen molar-refractivity contribution in [2.24, 2.45) is 5.92 Å². The predicted molar refractivity (Wildman–Crippen MR) is 52.9 cm³/mol. The average molecular weight is 190 g/mol. The van der Waals surface area contributed by atoms with Crippen LogP contribution in [0.4, 0.5) is 0 Å². The molecule has 2 heteroatoms. The van der Waals surface area contributed by atoms with Crippen molar-refractivity contribution in [1.82, 2.24) is 0 Å². The maximum Gasteiger partial charge on any atom is 0.155 e. The van der Waals surface area contributed by atoms with E-state index in [4.69, 9.17) is 9.47 Å². The molecule has 2 aliphatic rings. The van der Waals surface area contributed by atoms with Crippen LogP contribution in [0.2, 0.25) is 0 Å². The Hall–Kier alpha value is -0.860. The van der Waals surface area contributed by atoms with E-state index in [0.29, 0.717) is 5.92 Å². The number of hydrogen-bond acceptors (Lipinski definition) is 2. The SMILES string of the molecule is CC1OCC2Cc3ccccc3C2O1. The Morgan fingerprint density at radius 2 is 2.14 bits per heavy atom. The van der Waals surface area contributed by atoms with Crippen LogP contribution in [0, 0.1) is 5.92 Å². The van der Waals surface area contributed by atoms with Gasteiger partial charge in [0.05, 0.1) is 12.7 Å². The molecule has 3 unspecified atom stereocenters. The zero-order valence-corrected chi connectivity index (χ0v) is 8.27. The molecule has 0 radical (unpaired) electrons. The Kier molecular flexibility index (Phi) is 1.85. The van der Waals surface area contributed by atoms with Gasteiger partial charge in [-0.25, -0.2) is 0 Å². The summed E-state index contributed by atoms with van der Waals surface area (Å²) in [5.41, 5.74) is 2.80. The lowest BCUT2D eigenvalue weighted by Crippen LogP contribution is -2.30. The lowest BCUT2D eigenvalue weighted by atomic mass is 10.0. The number of benzene rings is 1. The van der Waals surface area contributed by atoms with Crippen molar-refractivity contribution < 1.29 is 9.47 Å². The first-order valence-electron chi connectivity index (χ1n) is 5.19. The highest BCUT2D eigenvalue weighted by Gasteiger charge is 2.37. The molecule has 0 amide bonds. The molecule has 1 aliphatic carbocycles. The van der Waals surface area contributed by atoms with Crippen LogP contribution < -0.4 is 0 Å². The second kappa shape index (κ2) is 3.07. The van der Waals surface area contributed by atoms with Gasteiger partial charge in [0.25, 0.3) is 0 Å². The zero-order valence-electron chi connectivity index (χ0n) is 8.27. The van der Waals surface area contributed by atoms with E-state index >= 15 is 0 Å². The van der Waals surface area contributed by atoms with Crippen LogP contribution >= 0.6 is 0 Å². The van der Waals surface area contributed by atoms with E-state index in [1.54, 1.807) is 0 Å². The fraction of sp³-hybridized carbons (Fsp3) is 0.500. The minimum Gasteiger partial charge on any atom is -0.353 e. The van der Waals surface area contributed by atoms with Gasteiger partial charge in [-0.3, -0.25) is 0 Å². The molecule has 0 bridgehead atoms. The third kappa shape index (κ3) is 1.18. The highest BCUT2D eigenvalue weighted by Crippen LogP contribution is 2.41. The highest BCUT2D eigenvalue weighted by atomic mass is 16.7. The second-order valence-corrected chi connectivity index (χ2v) is 4.12. The largest absolute Gasteiger partial charge is 0.353 e. The summed E-state index contributed by atoms with van der Waals surface area (Å²) in [6, 6.07) is 8.56. The van der Waals surface area contributed by atoms with Crippen LogP contribution in [0.3, 0.4) is 0 Å². The number of fused-ring (bicyclic) bond motifs is 3. The lowest BCUT2D eigenvalue weighted by molar-refractivity contribution is -0.225. The quantitative estimate of drug-likeness (QED) is 0.625. The van der Waals surface area contributed by atoms with Crippen LogP contribution in [-0.2, 0) is 15.9 Å². The molecule has 3 atom stereocenters. The molecular weight excluding hydrogens is 176 g/mol. The first kappa shape index (κ1) is 8.45. The number of hydrogen-bond donors (Lipinski definition) is 0. The molecular formula is C12H14O2. The van der Waals surface area contributed by atoms with Gasteiger partial charge >= 0.3 is 0 Å². The van der Waals surface area contributed by atoms with E-state index in [-0.39, 0.29) is 12.4 Å². The van der Waals surface area contributed by atoms with Gasteiger partial charge in [0, 0.05) is 5.92 Å². The normalized spacial score (nSPS) is 35.1. The van der Waals surface area contributed by atoms with Gasteiger partial charge in [-0.2, -0.15) is 0 Å². The summed E-state index contributed by atoms with van der Waals surface area (Å²) in [5.74, 6) is 0.531. The monoisotopic (exact) mass is 190 g/mol. The molecule has 14 heavy (non-hydrogen) atoms. The topological polar surface area (TPSA) is 18.5 Å². The second-order valence-electron chi connectivity index (χ2n) is 4.12. The third-order valence-electron chi connectivity index (χ3n) is 3.16. The van der Waals surface area contributed by atoms with E-state index in [9.17, 15) is 0 Å². The zero-order chi connectivity index (χ0) is 9.54. The van der Waals surface area contributed by atoms with E-state index in [2.05, 4.69) is 24.3 Å². The smallest absolute Gasteiger partial charge is 0.155 e. The minimum atomic E-state index is -0.0533. The van der Waals surface area contributed by atoms with Gasteiger partial charge in [-0.1, -0.05) is 24.3 Å². The Bertz CT molecular complexity index is 348. The van der Waals surface area contributed by atoms with Gasteiger partial charge in [-0.05, 0) is 24.5 Å². The van der Waals surface area contributed by atoms with E-state index < -0.39 is 0 Å². The summed E-state index contributed by atoms with van der Waals surface area (Å²) in [5, 5.41) is 0. The molecule has 0 aromatic heterocycles. The number of rotatable bonds is 0. The van der Waals surface area contributed by atoms with Gasteiger partial charge in [0.2, 0.25) is 0 Å². The maximum absolute atomic E-state index is 5.81. The molecule has 0 spiro atoms. The summed E-state index contributed by atoms with van der Waals surface area (Å²) in [6.45, 7) is 2.80. The predicted octanol–water partition coefficient (Wildman–Crippen LogP) is 2.29. The standard InChI is InChI=1S/C12H14O2/c1-8-13-7-10-6-9-4-2-3-5-11(9)12(10)14-8/h2-5,8,10,12H,6-7H2,1H3. The van der Waals surface area contributed by atoms with E-state index in [0.717, 1.165) is 13.0 Å². The molecule has 0 saturated carbocycles. The molecule has 0 N–H and O–H groups in total. The van der Waals surface area contributed by atoms with Crippen LogP contribution in [0.25, 0.3) is 0 Å². The van der Waals surface area contributed by atoms with Crippen molar-refractivity contribution in [3.8, 4) is 0 Å². The van der Waals surface area contributed by atoms with Crippen molar-refractivity contribution in [1.29, 1.82) is 0 Å². The molecule has 1 aromatic rings. The van der Waals surface area contributed by atoms with Crippen LogP contribution in [0.1, 0.15) is 24.2 Å². The van der Waals surface area contributed by atoms with Crippen molar-refractivity contribution in [3.05, 3.63) is 35.4 Å². The number of ether oxygens (including phenoxy) is 2. The Morgan fingerprint density at radius 3 is 3.07 bits per heavy atom. The van der Waals surface area contributed by atoms with Gasteiger partial charge in [0.15, 0.2) is 6.29 Å². The summed E-state index contributed by atoms with van der Waals surface area (Å²) in [7, 11) is 0. The third-order valence-corrected chi connectivity index (χ3v) is 3.16. The molecule has 1 aliphatic heterocycles. The van der Waals surface area contributed by atoms with Crippen molar-refractivity contribution in [2.45, 2.75) is 25.7 Å². The van der Waals surface area contributed by atoms with Gasteiger partial charge in [-0.15, -0.1) is 0 Å². The van der Waals surface area contributed by atoms with E-state index in [1.165, 1.54) is 11.1 Å². The molecule has 1 saturated heterocycles. The fourth-order valence-corrected chi connectivity index (χ4v) is 2.48. The Balaban J connectivity index is 1.97. The molecule has 1 fully saturated rings. The molecule has 2 nitrogen and oxygen atoms in total. The Morgan fingerprint density at radius 1 is 1.29 bits per heavy atom. The molecule has 1 heterocycles. The maximum atomic E-state index is 5.81. The molecule has 1 aromatic carbocycles. The Labute approximate surface area is 83.8 Å². The van der Waals surface area contributed by atoms with Gasteiger partial charge < -0.3 is 9.47 Å². The summed E-state index contributed by atoms with van der Waals surface area (Å²) < 4.78 is 11.3. The minimum absolute atomic E-state index is 0.0533. The summed E-state index contributed by atoms with van der Waals surface area (Å²) in [6.07, 6.45) is 1.32. The van der Waals surface area contributed by atoms with Crippen LogP contribution in [0.15, 0.2) is 24.3 Å². The van der Waals surface area contributed by atoms with Crippen molar-refractivity contribution in [2.75, 3.05) is 6.61 Å². The first-order valence-corrected chi connectivity index (χ1v) is 5.19. The molecule has 74 valence electrons. The highest BCUT2D eigenvalue weighted by molar-refractivity contribution is 5.35. The summed E-state index contributed by atoms with van der Waals surface area (Å²) in [4.78, 5) is 0. The van der Waals surface area contributed by atoms with E-state index in [1.807, 2.05) is 6.92 Å². The summed E-state index contributed by atoms with van der Waals surface area (Å²) >= 11 is 0. The van der Waals surface area contributed by atoms with Crippen LogP contribution in [0.5, 0.6) is 0 Å².